The van der Waals surface area contributed by atoms with E-state index in [1.54, 1.807) is 18.6 Å². The Kier molecular flexibility index (Phi) is 8.87. The highest BCUT2D eigenvalue weighted by Crippen LogP contribution is 2.26. The third kappa shape index (κ3) is 6.99. The lowest BCUT2D eigenvalue weighted by molar-refractivity contribution is -0.113. The van der Waals surface area contributed by atoms with E-state index >= 15 is 0 Å². The molecule has 8 heteroatoms. The second-order valence-electron chi connectivity index (χ2n) is 10.3. The first-order chi connectivity index (χ1) is 21.2. The van der Waals surface area contributed by atoms with Gasteiger partial charge < -0.3 is 23.7 Å². The molecule has 0 amide bonds. The van der Waals surface area contributed by atoms with E-state index in [1.165, 1.54) is 0 Å². The zero-order valence-corrected chi connectivity index (χ0v) is 24.0. The Bertz CT molecular complexity index is 1800. The minimum Gasteiger partial charge on any atom is -0.489 e. The van der Waals surface area contributed by atoms with Gasteiger partial charge in [0, 0.05) is 34.7 Å². The molecule has 0 aliphatic rings. The lowest BCUT2D eigenvalue weighted by atomic mass is 10.1. The fourth-order valence-electron chi connectivity index (χ4n) is 4.87. The van der Waals surface area contributed by atoms with Gasteiger partial charge in [0.25, 0.3) is 0 Å². The van der Waals surface area contributed by atoms with Gasteiger partial charge in [-0.25, -0.2) is 0 Å². The highest BCUT2D eigenvalue weighted by atomic mass is 16.6. The molecule has 0 saturated carbocycles. The highest BCUT2D eigenvalue weighted by Gasteiger charge is 2.28. The summed E-state index contributed by atoms with van der Waals surface area (Å²) < 4.78 is 30.7. The monoisotopic (exact) mass is 575 g/mol. The normalized spacial score (nSPS) is 12.8. The van der Waals surface area contributed by atoms with Crippen LogP contribution in [0.2, 0.25) is 0 Å². The van der Waals surface area contributed by atoms with Crippen LogP contribution >= 0.6 is 0 Å². The van der Waals surface area contributed by atoms with E-state index in [0.29, 0.717) is 32.2 Å². The van der Waals surface area contributed by atoms with E-state index in [0.717, 1.165) is 44.2 Å². The molecule has 0 saturated heterocycles. The molecule has 3 aromatic carbocycles. The van der Waals surface area contributed by atoms with Crippen LogP contribution in [0.25, 0.3) is 32.7 Å². The number of fused-ring (bicyclic) bond motifs is 3. The van der Waals surface area contributed by atoms with Crippen molar-refractivity contribution in [3.05, 3.63) is 110 Å². The number of aromatic nitrogens is 3. The zero-order valence-electron chi connectivity index (χ0n) is 24.0. The number of nitrogens with zero attached hydrogens (tertiary/aromatic N) is 3. The van der Waals surface area contributed by atoms with E-state index in [-0.39, 0.29) is 13.2 Å². The molecule has 6 aromatic rings. The minimum atomic E-state index is -0.766. The Morgan fingerprint density at radius 1 is 0.488 bits per heavy atom. The number of benzene rings is 3. The van der Waals surface area contributed by atoms with Gasteiger partial charge in [-0.2, -0.15) is 0 Å². The Morgan fingerprint density at radius 2 is 0.930 bits per heavy atom. The van der Waals surface area contributed by atoms with Crippen LogP contribution in [-0.4, -0.2) is 60.2 Å². The van der Waals surface area contributed by atoms with Crippen LogP contribution in [-0.2, 0) is 9.47 Å². The van der Waals surface area contributed by atoms with E-state index in [1.807, 2.05) is 97.9 Å². The first-order valence-corrected chi connectivity index (χ1v) is 14.3. The van der Waals surface area contributed by atoms with Gasteiger partial charge >= 0.3 is 0 Å². The van der Waals surface area contributed by atoms with E-state index in [9.17, 15) is 0 Å². The molecular formula is C35H33N3O5. The van der Waals surface area contributed by atoms with Gasteiger partial charge in [-0.05, 0) is 43.3 Å². The Labute approximate surface area is 250 Å². The molecule has 3 heterocycles. The lowest BCUT2D eigenvalue weighted by Crippen LogP contribution is -2.42. The van der Waals surface area contributed by atoms with E-state index < -0.39 is 5.60 Å². The third-order valence-corrected chi connectivity index (χ3v) is 7.00. The summed E-state index contributed by atoms with van der Waals surface area (Å²) in [5.74, 6) is 2.14. The molecule has 1 atom stereocenters. The van der Waals surface area contributed by atoms with Gasteiger partial charge in [0.1, 0.15) is 59.2 Å². The van der Waals surface area contributed by atoms with Gasteiger partial charge in [-0.1, -0.05) is 54.6 Å². The van der Waals surface area contributed by atoms with Crippen LogP contribution in [0.4, 0.5) is 0 Å². The molecule has 6 rings (SSSR count). The number of para-hydroxylation sites is 3. The quantitative estimate of drug-likeness (QED) is 0.133. The minimum absolute atomic E-state index is 0.257. The van der Waals surface area contributed by atoms with Gasteiger partial charge in [0.15, 0.2) is 0 Å². The molecule has 218 valence electrons. The average Bonchev–Trinajstić information content (AvgIpc) is 3.06. The maximum atomic E-state index is 6.35. The summed E-state index contributed by atoms with van der Waals surface area (Å²) in [5, 5.41) is 3.07. The standard InChI is InChI=1S/C35H33N3O5/c1-35(25-42-31-16-4-10-28-13-7-19-38-34(28)31,43-23-22-41-30-15-3-9-27-12-6-18-37-33(27)30)24-39-20-21-40-29-14-2-8-26-11-5-17-36-32(26)29/h2-19H,20-25H2,1H3. The van der Waals surface area contributed by atoms with E-state index in [4.69, 9.17) is 23.7 Å². The van der Waals surface area contributed by atoms with Crippen LogP contribution in [0.15, 0.2) is 110 Å². The summed E-state index contributed by atoms with van der Waals surface area (Å²) in [4.78, 5) is 13.4. The van der Waals surface area contributed by atoms with Crippen molar-refractivity contribution in [3.8, 4) is 17.2 Å². The molecule has 0 aliphatic carbocycles. The summed E-state index contributed by atoms with van der Waals surface area (Å²) >= 11 is 0. The first kappa shape index (κ1) is 28.3. The molecule has 0 aliphatic heterocycles. The Balaban J connectivity index is 1.07. The van der Waals surface area contributed by atoms with Crippen LogP contribution in [0.3, 0.4) is 0 Å². The van der Waals surface area contributed by atoms with Crippen molar-refractivity contribution in [1.82, 2.24) is 15.0 Å². The number of hydrogen-bond acceptors (Lipinski definition) is 8. The van der Waals surface area contributed by atoms with Gasteiger partial charge in [0.2, 0.25) is 0 Å². The Morgan fingerprint density at radius 3 is 1.44 bits per heavy atom. The summed E-state index contributed by atoms with van der Waals surface area (Å²) in [6.45, 7) is 3.94. The number of hydrogen-bond donors (Lipinski definition) is 0. The third-order valence-electron chi connectivity index (χ3n) is 7.00. The van der Waals surface area contributed by atoms with Crippen molar-refractivity contribution >= 4 is 32.7 Å². The maximum Gasteiger partial charge on any atom is 0.145 e. The lowest BCUT2D eigenvalue weighted by Gasteiger charge is -2.30. The van der Waals surface area contributed by atoms with Gasteiger partial charge in [-0.3, -0.25) is 15.0 Å². The van der Waals surface area contributed by atoms with Gasteiger partial charge in [0.05, 0.1) is 19.8 Å². The van der Waals surface area contributed by atoms with Crippen molar-refractivity contribution < 1.29 is 23.7 Å². The van der Waals surface area contributed by atoms with Crippen LogP contribution in [0.5, 0.6) is 17.2 Å². The molecule has 0 bridgehead atoms. The highest BCUT2D eigenvalue weighted by molar-refractivity contribution is 5.85. The van der Waals surface area contributed by atoms with Gasteiger partial charge in [-0.15, -0.1) is 0 Å². The van der Waals surface area contributed by atoms with Crippen molar-refractivity contribution in [2.45, 2.75) is 12.5 Å². The molecule has 43 heavy (non-hydrogen) atoms. The van der Waals surface area contributed by atoms with Crippen molar-refractivity contribution in [1.29, 1.82) is 0 Å². The zero-order chi connectivity index (χ0) is 29.3. The summed E-state index contributed by atoms with van der Waals surface area (Å²) in [7, 11) is 0. The number of pyridine rings is 3. The number of ether oxygens (including phenoxy) is 5. The molecule has 0 fully saturated rings. The van der Waals surface area contributed by atoms with Crippen LogP contribution < -0.4 is 14.2 Å². The fourth-order valence-corrected chi connectivity index (χ4v) is 4.87. The van der Waals surface area contributed by atoms with E-state index in [2.05, 4.69) is 15.0 Å². The largest absolute Gasteiger partial charge is 0.489 e. The second kappa shape index (κ2) is 13.5. The summed E-state index contributed by atoms with van der Waals surface area (Å²) in [5.41, 5.74) is 1.69. The molecular weight excluding hydrogens is 542 g/mol. The average molecular weight is 576 g/mol. The topological polar surface area (TPSA) is 84.8 Å². The Hall–Kier alpha value is -4.79. The molecule has 0 N–H and O–H groups in total. The summed E-state index contributed by atoms with van der Waals surface area (Å²) in [6, 6.07) is 29.4. The van der Waals surface area contributed by atoms with Crippen molar-refractivity contribution in [3.63, 3.8) is 0 Å². The second-order valence-corrected chi connectivity index (χ2v) is 10.3. The van der Waals surface area contributed by atoms with Crippen LogP contribution in [0, 0.1) is 0 Å². The SMILES string of the molecule is CC(COCCOc1cccc2cccnc12)(COc1cccc2cccnc12)OCCOc1cccc2cccnc12. The molecule has 0 radical (unpaired) electrons. The molecule has 1 unspecified atom stereocenters. The van der Waals surface area contributed by atoms with Crippen LogP contribution in [0.1, 0.15) is 6.92 Å². The summed E-state index contributed by atoms with van der Waals surface area (Å²) in [6.07, 6.45) is 5.29. The first-order valence-electron chi connectivity index (χ1n) is 14.3. The fraction of sp³-hybridized carbons (Fsp3) is 0.229. The number of rotatable bonds is 14. The van der Waals surface area contributed by atoms with Crippen molar-refractivity contribution in [2.75, 3.05) is 39.6 Å². The van der Waals surface area contributed by atoms with Crippen molar-refractivity contribution in [2.24, 2.45) is 0 Å². The molecule has 8 nitrogen and oxygen atoms in total. The predicted octanol–water partition coefficient (Wildman–Crippen LogP) is 6.66. The molecule has 3 aromatic heterocycles. The molecule has 0 spiro atoms. The maximum absolute atomic E-state index is 6.35. The smallest absolute Gasteiger partial charge is 0.145 e. The predicted molar refractivity (Wildman–Crippen MR) is 167 cm³/mol.